The zero-order chi connectivity index (χ0) is 26.9. The fourth-order valence-electron chi connectivity index (χ4n) is 3.22. The summed E-state index contributed by atoms with van der Waals surface area (Å²) in [5.41, 5.74) is -0.482. The van der Waals surface area contributed by atoms with Gasteiger partial charge in [0.15, 0.2) is 11.5 Å². The second-order valence-corrected chi connectivity index (χ2v) is 7.44. The smallest absolute Gasteiger partial charge is 0.352 e. The highest BCUT2D eigenvalue weighted by molar-refractivity contribution is 6.02. The molecule has 0 heterocycles. The molecule has 3 rings (SSSR count). The van der Waals surface area contributed by atoms with Crippen molar-refractivity contribution in [3.05, 3.63) is 109 Å². The van der Waals surface area contributed by atoms with Crippen LogP contribution in [-0.4, -0.2) is 33.4 Å². The third kappa shape index (κ3) is 6.88. The molecule has 0 aliphatic carbocycles. The minimum atomic E-state index is -1.35. The van der Waals surface area contributed by atoms with Crippen molar-refractivity contribution in [3.63, 3.8) is 0 Å². The summed E-state index contributed by atoms with van der Waals surface area (Å²) in [5, 5.41) is 34.2. The largest absolute Gasteiger partial charge is 0.490 e. The Kier molecular flexibility index (Phi) is 8.49. The molecule has 0 bridgehead atoms. The Balaban J connectivity index is 1.85. The number of carbonyl (C=O) groups is 2. The van der Waals surface area contributed by atoms with Crippen molar-refractivity contribution in [1.82, 2.24) is 5.32 Å². The number of hydrogen-bond donors (Lipinski definition) is 2. The van der Waals surface area contributed by atoms with E-state index in [1.54, 1.807) is 37.3 Å². The molecule has 12 nitrogen and oxygen atoms in total. The van der Waals surface area contributed by atoms with Gasteiger partial charge < -0.3 is 19.9 Å². The molecule has 0 atom stereocenters. The number of nitrogens with one attached hydrogen (secondary N) is 1. The number of carboxylic acids is 1. The van der Waals surface area contributed by atoms with Crippen molar-refractivity contribution in [2.45, 2.75) is 13.5 Å². The predicted octanol–water partition coefficient (Wildman–Crippen LogP) is 4.34. The first-order valence-electron chi connectivity index (χ1n) is 10.8. The van der Waals surface area contributed by atoms with Gasteiger partial charge in [0.05, 0.1) is 28.1 Å². The van der Waals surface area contributed by atoms with Crippen LogP contribution in [0.2, 0.25) is 0 Å². The Labute approximate surface area is 210 Å². The second kappa shape index (κ2) is 11.9. The van der Waals surface area contributed by atoms with E-state index >= 15 is 0 Å². The molecular weight excluding hydrogens is 486 g/mol. The van der Waals surface area contributed by atoms with E-state index in [1.165, 1.54) is 30.3 Å². The number of non-ortho nitro benzene ring substituents is 1. The number of amides is 1. The number of ether oxygens (including phenoxy) is 2. The summed E-state index contributed by atoms with van der Waals surface area (Å²) in [6.07, 6.45) is 1.25. The van der Waals surface area contributed by atoms with E-state index in [-0.39, 0.29) is 41.5 Å². The number of nitro groups is 2. The van der Waals surface area contributed by atoms with Gasteiger partial charge in [-0.2, -0.15) is 0 Å². The van der Waals surface area contributed by atoms with Gasteiger partial charge in [-0.25, -0.2) is 4.79 Å². The quantitative estimate of drug-likeness (QED) is 0.218. The van der Waals surface area contributed by atoms with Crippen LogP contribution in [0.5, 0.6) is 11.5 Å². The maximum Gasteiger partial charge on any atom is 0.352 e. The normalized spacial score (nSPS) is 10.9. The molecule has 12 heteroatoms. The average Bonchev–Trinajstić information content (AvgIpc) is 2.88. The van der Waals surface area contributed by atoms with E-state index in [0.29, 0.717) is 5.56 Å². The Bertz CT molecular complexity index is 1370. The lowest BCUT2D eigenvalue weighted by Crippen LogP contribution is -2.27. The van der Waals surface area contributed by atoms with Crippen molar-refractivity contribution in [1.29, 1.82) is 0 Å². The summed E-state index contributed by atoms with van der Waals surface area (Å²) < 4.78 is 11.3. The van der Waals surface area contributed by atoms with Gasteiger partial charge in [-0.15, -0.1) is 0 Å². The van der Waals surface area contributed by atoms with Crippen LogP contribution in [0.15, 0.2) is 72.4 Å². The number of rotatable bonds is 11. The number of hydrogen-bond acceptors (Lipinski definition) is 8. The van der Waals surface area contributed by atoms with E-state index in [1.807, 2.05) is 0 Å². The summed E-state index contributed by atoms with van der Waals surface area (Å²) in [6, 6.07) is 15.8. The third-order valence-corrected chi connectivity index (χ3v) is 4.95. The van der Waals surface area contributed by atoms with Gasteiger partial charge in [0.25, 0.3) is 17.3 Å². The van der Waals surface area contributed by atoms with Gasteiger partial charge in [-0.3, -0.25) is 25.0 Å². The minimum absolute atomic E-state index is 0.110. The molecular formula is C25H21N3O9. The molecule has 0 saturated carbocycles. The van der Waals surface area contributed by atoms with Gasteiger partial charge in [0.1, 0.15) is 12.3 Å². The Morgan fingerprint density at radius 2 is 1.68 bits per heavy atom. The highest BCUT2D eigenvalue weighted by Crippen LogP contribution is 2.32. The van der Waals surface area contributed by atoms with Gasteiger partial charge in [0.2, 0.25) is 0 Å². The average molecular weight is 507 g/mol. The number of aliphatic carboxylic acids is 1. The molecule has 0 aliphatic rings. The first-order valence-corrected chi connectivity index (χ1v) is 10.8. The summed E-state index contributed by atoms with van der Waals surface area (Å²) in [4.78, 5) is 44.9. The fourth-order valence-corrected chi connectivity index (χ4v) is 3.22. The molecule has 0 unspecified atom stereocenters. The lowest BCUT2D eigenvalue weighted by molar-refractivity contribution is -0.394. The zero-order valence-electron chi connectivity index (χ0n) is 19.5. The van der Waals surface area contributed by atoms with E-state index in [2.05, 4.69) is 5.32 Å². The van der Waals surface area contributed by atoms with Crippen molar-refractivity contribution in [2.24, 2.45) is 0 Å². The maximum absolute atomic E-state index is 12.4. The van der Waals surface area contributed by atoms with E-state index in [0.717, 1.165) is 12.1 Å². The van der Waals surface area contributed by atoms with E-state index in [9.17, 15) is 34.9 Å². The van der Waals surface area contributed by atoms with Crippen LogP contribution in [0.3, 0.4) is 0 Å². The van der Waals surface area contributed by atoms with Crippen LogP contribution in [0, 0.1) is 20.2 Å². The van der Waals surface area contributed by atoms with Crippen LogP contribution in [0.1, 0.15) is 28.4 Å². The van der Waals surface area contributed by atoms with Crippen LogP contribution in [0.25, 0.3) is 6.08 Å². The van der Waals surface area contributed by atoms with E-state index < -0.39 is 33.1 Å². The number of nitro benzene ring substituents is 2. The number of carboxylic acid groups (broad SMARTS) is 1. The van der Waals surface area contributed by atoms with Crippen LogP contribution in [0.4, 0.5) is 11.4 Å². The summed E-state index contributed by atoms with van der Waals surface area (Å²) >= 11 is 0. The first kappa shape index (κ1) is 26.3. The summed E-state index contributed by atoms with van der Waals surface area (Å²) in [7, 11) is 0. The molecule has 3 aromatic carbocycles. The molecule has 190 valence electrons. The monoisotopic (exact) mass is 507 g/mol. The molecule has 0 radical (unpaired) electrons. The number of carbonyl (C=O) groups excluding carboxylic acids is 1. The third-order valence-electron chi connectivity index (χ3n) is 4.95. The summed E-state index contributed by atoms with van der Waals surface area (Å²) in [6.45, 7) is 1.67. The lowest BCUT2D eigenvalue weighted by atomic mass is 10.1. The van der Waals surface area contributed by atoms with Crippen molar-refractivity contribution >= 4 is 29.3 Å². The van der Waals surface area contributed by atoms with Gasteiger partial charge >= 0.3 is 5.97 Å². The van der Waals surface area contributed by atoms with Crippen LogP contribution < -0.4 is 14.8 Å². The van der Waals surface area contributed by atoms with Crippen molar-refractivity contribution < 1.29 is 34.0 Å². The number of nitrogens with zero attached hydrogens (tertiary/aromatic N) is 2. The first-order chi connectivity index (χ1) is 17.7. The number of benzene rings is 3. The Hall–Kier alpha value is -5.26. The molecule has 3 aromatic rings. The van der Waals surface area contributed by atoms with Gasteiger partial charge in [-0.05, 0) is 48.9 Å². The molecule has 37 heavy (non-hydrogen) atoms. The van der Waals surface area contributed by atoms with Crippen LogP contribution in [-0.2, 0) is 11.4 Å². The maximum atomic E-state index is 12.4. The van der Waals surface area contributed by atoms with E-state index in [4.69, 9.17) is 9.47 Å². The molecule has 0 fully saturated rings. The molecule has 0 spiro atoms. The molecule has 0 aliphatic heterocycles. The minimum Gasteiger partial charge on any atom is -0.490 e. The topological polar surface area (TPSA) is 171 Å². The fraction of sp³-hybridized carbons (Fsp3) is 0.120. The standard InChI is InChI=1S/C25H21N3O9/c1-2-36-23-13-16(12-20(25(30)31)26-24(29)17-6-4-3-5-7-17)8-11-22(23)37-15-18-9-10-19(27(32)33)14-21(18)28(34)35/h3-14H,2,15H2,1H3,(H,26,29)(H,30,31)/b20-12+. The zero-order valence-corrected chi connectivity index (χ0v) is 19.5. The molecule has 0 aromatic heterocycles. The predicted molar refractivity (Wildman–Crippen MR) is 131 cm³/mol. The molecule has 1 amide bonds. The molecule has 2 N–H and O–H groups in total. The van der Waals surface area contributed by atoms with Gasteiger partial charge in [-0.1, -0.05) is 24.3 Å². The Morgan fingerprint density at radius 1 is 0.946 bits per heavy atom. The molecule has 0 saturated heterocycles. The highest BCUT2D eigenvalue weighted by Gasteiger charge is 2.20. The summed E-state index contributed by atoms with van der Waals surface area (Å²) in [5.74, 6) is -1.52. The Morgan fingerprint density at radius 3 is 2.30 bits per heavy atom. The van der Waals surface area contributed by atoms with Gasteiger partial charge in [0, 0.05) is 11.6 Å². The van der Waals surface area contributed by atoms with Crippen molar-refractivity contribution in [2.75, 3.05) is 6.61 Å². The second-order valence-electron chi connectivity index (χ2n) is 7.44. The highest BCUT2D eigenvalue weighted by atomic mass is 16.6. The van der Waals surface area contributed by atoms with Crippen molar-refractivity contribution in [3.8, 4) is 11.5 Å². The van der Waals surface area contributed by atoms with Crippen LogP contribution >= 0.6 is 0 Å². The lowest BCUT2D eigenvalue weighted by Gasteiger charge is -2.13. The SMILES string of the molecule is CCOc1cc(/C=C(/NC(=O)c2ccccc2)C(=O)O)ccc1OCc1ccc([N+](=O)[O-])cc1[N+](=O)[O-].